The van der Waals surface area contributed by atoms with E-state index in [-0.39, 0.29) is 0 Å². The predicted molar refractivity (Wildman–Crippen MR) is 52.1 cm³/mol. The van der Waals surface area contributed by atoms with Gasteiger partial charge in [-0.2, -0.15) is 0 Å². The predicted octanol–water partition coefficient (Wildman–Crippen LogP) is 2.56. The van der Waals surface area contributed by atoms with Gasteiger partial charge >= 0.3 is 0 Å². The van der Waals surface area contributed by atoms with Crippen molar-refractivity contribution in [1.29, 1.82) is 0 Å². The largest absolute Gasteiger partial charge is 0.311 e. The molecule has 0 aromatic heterocycles. The molecule has 0 amide bonds. The summed E-state index contributed by atoms with van der Waals surface area (Å²) in [5.41, 5.74) is 0. The van der Waals surface area contributed by atoms with Crippen molar-refractivity contribution in [2.24, 2.45) is 11.8 Å². The lowest BCUT2D eigenvalue weighted by Crippen LogP contribution is -2.49. The zero-order valence-corrected chi connectivity index (χ0v) is 8.34. The molecule has 0 radical (unpaired) electrons. The minimum atomic E-state index is 0.866. The first-order valence-electron chi connectivity index (χ1n) is 5.51. The first kappa shape index (κ1) is 8.55. The highest BCUT2D eigenvalue weighted by atomic mass is 15.0. The smallest absolute Gasteiger partial charge is 0.00724 e. The molecule has 1 nitrogen and oxygen atoms in total. The van der Waals surface area contributed by atoms with E-state index in [9.17, 15) is 0 Å². The normalized spacial score (nSPS) is 41.8. The Morgan fingerprint density at radius 1 is 1.08 bits per heavy atom. The maximum atomic E-state index is 3.74. The summed E-state index contributed by atoms with van der Waals surface area (Å²) in [5.74, 6) is 1.90. The summed E-state index contributed by atoms with van der Waals surface area (Å²) in [6, 6.07) is 1.73. The summed E-state index contributed by atoms with van der Waals surface area (Å²) >= 11 is 0. The molecule has 1 N–H and O–H groups in total. The Balaban J connectivity index is 1.96. The SMILES string of the molecule is CC(C)[C@@H]1C[C@H]2CCC[C@@H](C1)N2. The zero-order chi connectivity index (χ0) is 8.55. The van der Waals surface area contributed by atoms with Crippen molar-refractivity contribution in [1.82, 2.24) is 5.32 Å². The van der Waals surface area contributed by atoms with E-state index in [2.05, 4.69) is 19.2 Å². The van der Waals surface area contributed by atoms with Crippen LogP contribution in [0.25, 0.3) is 0 Å². The van der Waals surface area contributed by atoms with Crippen LogP contribution in [0.15, 0.2) is 0 Å². The van der Waals surface area contributed by atoms with Gasteiger partial charge in [-0.1, -0.05) is 20.3 Å². The molecule has 1 heteroatoms. The first-order chi connectivity index (χ1) is 5.75. The molecular weight excluding hydrogens is 146 g/mol. The lowest BCUT2D eigenvalue weighted by Gasteiger charge is -2.41. The van der Waals surface area contributed by atoms with E-state index in [1.54, 1.807) is 0 Å². The summed E-state index contributed by atoms with van der Waals surface area (Å²) in [6.45, 7) is 4.76. The Kier molecular flexibility index (Phi) is 2.40. The summed E-state index contributed by atoms with van der Waals surface area (Å²) in [7, 11) is 0. The fraction of sp³-hybridized carbons (Fsp3) is 1.00. The number of hydrogen-bond donors (Lipinski definition) is 1. The van der Waals surface area contributed by atoms with Crippen molar-refractivity contribution >= 4 is 0 Å². The average molecular weight is 167 g/mol. The van der Waals surface area contributed by atoms with Crippen LogP contribution in [0.2, 0.25) is 0 Å². The molecule has 2 rings (SSSR count). The Morgan fingerprint density at radius 3 is 2.17 bits per heavy atom. The summed E-state index contributed by atoms with van der Waals surface area (Å²) in [4.78, 5) is 0. The van der Waals surface area contributed by atoms with Crippen LogP contribution < -0.4 is 5.32 Å². The van der Waals surface area contributed by atoms with Gasteiger partial charge in [0, 0.05) is 12.1 Å². The highest BCUT2D eigenvalue weighted by Crippen LogP contribution is 2.33. The molecule has 0 aliphatic carbocycles. The molecule has 2 saturated heterocycles. The molecule has 2 aliphatic rings. The van der Waals surface area contributed by atoms with E-state index in [1.807, 2.05) is 0 Å². The monoisotopic (exact) mass is 167 g/mol. The highest BCUT2D eigenvalue weighted by molar-refractivity contribution is 4.89. The molecule has 2 fully saturated rings. The minimum absolute atomic E-state index is 0.866. The van der Waals surface area contributed by atoms with Gasteiger partial charge in [0.25, 0.3) is 0 Å². The summed E-state index contributed by atoms with van der Waals surface area (Å²) < 4.78 is 0. The van der Waals surface area contributed by atoms with Gasteiger partial charge in [0.1, 0.15) is 0 Å². The van der Waals surface area contributed by atoms with Crippen molar-refractivity contribution in [2.45, 2.75) is 58.0 Å². The van der Waals surface area contributed by atoms with Gasteiger partial charge in [-0.05, 0) is 37.5 Å². The molecule has 0 unspecified atom stereocenters. The van der Waals surface area contributed by atoms with E-state index >= 15 is 0 Å². The fourth-order valence-corrected chi connectivity index (χ4v) is 2.85. The van der Waals surface area contributed by atoms with Crippen molar-refractivity contribution < 1.29 is 0 Å². The Hall–Kier alpha value is -0.0400. The van der Waals surface area contributed by atoms with Crippen molar-refractivity contribution in [3.05, 3.63) is 0 Å². The lowest BCUT2D eigenvalue weighted by molar-refractivity contribution is 0.154. The first-order valence-corrected chi connectivity index (χ1v) is 5.51. The van der Waals surface area contributed by atoms with Crippen molar-refractivity contribution in [2.75, 3.05) is 0 Å². The number of fused-ring (bicyclic) bond motifs is 2. The van der Waals surface area contributed by atoms with Crippen LogP contribution in [-0.4, -0.2) is 12.1 Å². The van der Waals surface area contributed by atoms with Crippen LogP contribution in [0, 0.1) is 11.8 Å². The molecule has 12 heavy (non-hydrogen) atoms. The topological polar surface area (TPSA) is 12.0 Å². The number of piperidine rings is 2. The number of rotatable bonds is 1. The third-order valence-corrected chi connectivity index (χ3v) is 3.69. The molecule has 2 aliphatic heterocycles. The van der Waals surface area contributed by atoms with E-state index in [1.165, 1.54) is 32.1 Å². The third kappa shape index (κ3) is 1.66. The molecule has 2 bridgehead atoms. The second kappa shape index (κ2) is 3.37. The molecule has 0 saturated carbocycles. The van der Waals surface area contributed by atoms with Crippen LogP contribution >= 0.6 is 0 Å². The van der Waals surface area contributed by atoms with E-state index in [0.717, 1.165) is 23.9 Å². The lowest BCUT2D eigenvalue weighted by atomic mass is 9.76. The van der Waals surface area contributed by atoms with Crippen LogP contribution in [0.3, 0.4) is 0 Å². The van der Waals surface area contributed by atoms with Gasteiger partial charge in [-0.15, -0.1) is 0 Å². The van der Waals surface area contributed by atoms with E-state index < -0.39 is 0 Å². The summed E-state index contributed by atoms with van der Waals surface area (Å²) in [6.07, 6.45) is 7.20. The van der Waals surface area contributed by atoms with Crippen LogP contribution in [0.5, 0.6) is 0 Å². The molecule has 2 heterocycles. The molecule has 0 aromatic rings. The molecular formula is C11H21N. The molecule has 70 valence electrons. The molecule has 3 atom stereocenters. The Labute approximate surface area is 75.9 Å². The van der Waals surface area contributed by atoms with Gasteiger partial charge in [0.05, 0.1) is 0 Å². The second-order valence-electron chi connectivity index (χ2n) is 4.97. The minimum Gasteiger partial charge on any atom is -0.311 e. The highest BCUT2D eigenvalue weighted by Gasteiger charge is 2.31. The third-order valence-electron chi connectivity index (χ3n) is 3.69. The molecule has 0 spiro atoms. The van der Waals surface area contributed by atoms with Gasteiger partial charge in [0.15, 0.2) is 0 Å². The maximum Gasteiger partial charge on any atom is 0.00724 e. The van der Waals surface area contributed by atoms with Crippen molar-refractivity contribution in [3.8, 4) is 0 Å². The van der Waals surface area contributed by atoms with Gasteiger partial charge in [-0.3, -0.25) is 0 Å². The maximum absolute atomic E-state index is 3.74. The quantitative estimate of drug-likeness (QED) is 0.633. The van der Waals surface area contributed by atoms with Gasteiger partial charge in [0.2, 0.25) is 0 Å². The fourth-order valence-electron chi connectivity index (χ4n) is 2.85. The number of hydrogen-bond acceptors (Lipinski definition) is 1. The van der Waals surface area contributed by atoms with Crippen LogP contribution in [-0.2, 0) is 0 Å². The van der Waals surface area contributed by atoms with Crippen LogP contribution in [0.1, 0.15) is 46.0 Å². The average Bonchev–Trinajstić information content (AvgIpc) is 2.03. The second-order valence-corrected chi connectivity index (χ2v) is 4.97. The van der Waals surface area contributed by atoms with Crippen LogP contribution in [0.4, 0.5) is 0 Å². The Bertz CT molecular complexity index is 141. The molecule has 0 aromatic carbocycles. The standard InChI is InChI=1S/C11H21N/c1-8(2)9-6-10-4-3-5-11(7-9)12-10/h8-12H,3-7H2,1-2H3/t9-,10-,11+. The van der Waals surface area contributed by atoms with E-state index in [4.69, 9.17) is 0 Å². The van der Waals surface area contributed by atoms with Gasteiger partial charge < -0.3 is 5.32 Å². The zero-order valence-electron chi connectivity index (χ0n) is 8.34. The van der Waals surface area contributed by atoms with Crippen molar-refractivity contribution in [3.63, 3.8) is 0 Å². The van der Waals surface area contributed by atoms with Gasteiger partial charge in [-0.25, -0.2) is 0 Å². The summed E-state index contributed by atoms with van der Waals surface area (Å²) in [5, 5.41) is 3.74. The number of nitrogens with one attached hydrogen (secondary N) is 1. The van der Waals surface area contributed by atoms with E-state index in [0.29, 0.717) is 0 Å². The Morgan fingerprint density at radius 2 is 1.67 bits per heavy atom.